The smallest absolute Gasteiger partial charge is 0.254 e. The van der Waals surface area contributed by atoms with Gasteiger partial charge < -0.3 is 20.1 Å². The molecule has 2 N–H and O–H groups in total. The first-order valence-electron chi connectivity index (χ1n) is 9.70. The van der Waals surface area contributed by atoms with Gasteiger partial charge in [0, 0.05) is 36.7 Å². The summed E-state index contributed by atoms with van der Waals surface area (Å²) in [6.07, 6.45) is 4.21. The van der Waals surface area contributed by atoms with Crippen molar-refractivity contribution in [1.82, 2.24) is 14.8 Å². The number of piperazine rings is 1. The Kier molecular flexibility index (Phi) is 5.94. The van der Waals surface area contributed by atoms with E-state index in [0.29, 0.717) is 30.8 Å². The van der Waals surface area contributed by atoms with Gasteiger partial charge in [0.25, 0.3) is 5.91 Å². The highest BCUT2D eigenvalue weighted by molar-refractivity contribution is 7.08. The van der Waals surface area contributed by atoms with E-state index in [1.165, 1.54) is 4.90 Å². The molecule has 0 spiro atoms. The summed E-state index contributed by atoms with van der Waals surface area (Å²) in [5.74, 6) is -0.444. The molecule has 1 atom stereocenters. The van der Waals surface area contributed by atoms with Crippen LogP contribution in [0.1, 0.15) is 28.4 Å². The van der Waals surface area contributed by atoms with Gasteiger partial charge in [-0.15, -0.1) is 0 Å². The minimum Gasteiger partial charge on any atom is -0.353 e. The Morgan fingerprint density at radius 1 is 1.13 bits per heavy atom. The van der Waals surface area contributed by atoms with Crippen LogP contribution in [-0.4, -0.2) is 46.8 Å². The number of nitrogens with one attached hydrogen (secondary N) is 2. The third kappa shape index (κ3) is 4.60. The predicted octanol–water partition coefficient (Wildman–Crippen LogP) is 2.74. The number of hydrogen-bond acceptors (Lipinski definition) is 4. The first kappa shape index (κ1) is 19.9. The third-order valence-electron chi connectivity index (χ3n) is 5.04. The van der Waals surface area contributed by atoms with Gasteiger partial charge in [-0.25, -0.2) is 0 Å². The second-order valence-electron chi connectivity index (χ2n) is 7.11. The van der Waals surface area contributed by atoms with E-state index in [1.54, 1.807) is 35.6 Å². The molecule has 0 aliphatic carbocycles. The average molecular weight is 423 g/mol. The Bertz CT molecular complexity index is 979. The molecule has 0 saturated carbocycles. The second kappa shape index (κ2) is 8.96. The maximum Gasteiger partial charge on any atom is 0.254 e. The minimum atomic E-state index is -0.187. The SMILES string of the molecule is O=C1CN(C(=O)c2ccc(NC(=O)C[C@@H](c3ccsc3)n3cccc3)cc2)CCN1. The molecule has 1 aliphatic rings. The lowest BCUT2D eigenvalue weighted by Crippen LogP contribution is -2.49. The van der Waals surface area contributed by atoms with Gasteiger partial charge in [0.1, 0.15) is 0 Å². The molecule has 30 heavy (non-hydrogen) atoms. The van der Waals surface area contributed by atoms with Crippen LogP contribution in [-0.2, 0) is 9.59 Å². The van der Waals surface area contributed by atoms with Crippen molar-refractivity contribution < 1.29 is 14.4 Å². The van der Waals surface area contributed by atoms with Crippen LogP contribution in [0, 0.1) is 0 Å². The first-order valence-corrected chi connectivity index (χ1v) is 10.6. The van der Waals surface area contributed by atoms with Crippen LogP contribution in [0.2, 0.25) is 0 Å². The van der Waals surface area contributed by atoms with E-state index in [4.69, 9.17) is 0 Å². The number of hydrogen-bond donors (Lipinski definition) is 2. The topological polar surface area (TPSA) is 83.4 Å². The van der Waals surface area contributed by atoms with E-state index < -0.39 is 0 Å². The molecule has 1 fully saturated rings. The maximum absolute atomic E-state index is 12.7. The molecule has 7 nitrogen and oxygen atoms in total. The van der Waals surface area contributed by atoms with Crippen LogP contribution in [0.15, 0.2) is 65.6 Å². The van der Waals surface area contributed by atoms with E-state index in [9.17, 15) is 14.4 Å². The molecule has 0 radical (unpaired) electrons. The third-order valence-corrected chi connectivity index (χ3v) is 5.74. The number of nitrogens with zero attached hydrogens (tertiary/aromatic N) is 2. The Hall–Kier alpha value is -3.39. The van der Waals surface area contributed by atoms with Gasteiger partial charge in [0.2, 0.25) is 11.8 Å². The van der Waals surface area contributed by atoms with Gasteiger partial charge in [-0.3, -0.25) is 14.4 Å². The van der Waals surface area contributed by atoms with Crippen LogP contribution < -0.4 is 10.6 Å². The highest BCUT2D eigenvalue weighted by Gasteiger charge is 2.22. The van der Waals surface area contributed by atoms with Crippen LogP contribution in [0.3, 0.4) is 0 Å². The lowest BCUT2D eigenvalue weighted by molar-refractivity contribution is -0.123. The van der Waals surface area contributed by atoms with Crippen molar-refractivity contribution in [3.05, 3.63) is 76.7 Å². The first-order chi connectivity index (χ1) is 14.6. The zero-order chi connectivity index (χ0) is 20.9. The molecule has 4 rings (SSSR count). The van der Waals surface area contributed by atoms with Gasteiger partial charge >= 0.3 is 0 Å². The van der Waals surface area contributed by atoms with Gasteiger partial charge in [0.05, 0.1) is 19.0 Å². The molecule has 1 saturated heterocycles. The molecule has 2 aromatic heterocycles. The molecule has 3 amide bonds. The van der Waals surface area contributed by atoms with E-state index in [2.05, 4.69) is 16.0 Å². The summed E-state index contributed by atoms with van der Waals surface area (Å²) in [6.45, 7) is 1.03. The summed E-state index contributed by atoms with van der Waals surface area (Å²) in [5, 5.41) is 9.67. The Balaban J connectivity index is 1.39. The van der Waals surface area contributed by atoms with Crippen LogP contribution in [0.25, 0.3) is 0 Å². The predicted molar refractivity (Wildman–Crippen MR) is 115 cm³/mol. The number of benzene rings is 1. The molecule has 0 unspecified atom stereocenters. The summed E-state index contributed by atoms with van der Waals surface area (Å²) in [4.78, 5) is 38.2. The quantitative estimate of drug-likeness (QED) is 0.641. The van der Waals surface area contributed by atoms with Crippen LogP contribution in [0.5, 0.6) is 0 Å². The fourth-order valence-corrected chi connectivity index (χ4v) is 4.20. The molecule has 1 aromatic carbocycles. The fourth-order valence-electron chi connectivity index (χ4n) is 3.49. The zero-order valence-corrected chi connectivity index (χ0v) is 17.1. The minimum absolute atomic E-state index is 0.0701. The Morgan fingerprint density at radius 3 is 2.57 bits per heavy atom. The largest absolute Gasteiger partial charge is 0.353 e. The zero-order valence-electron chi connectivity index (χ0n) is 16.3. The van der Waals surface area contributed by atoms with E-state index in [0.717, 1.165) is 5.56 Å². The molecule has 3 aromatic rings. The standard InChI is InChI=1S/C22H22N4O3S/c27-20(13-19(17-7-12-30-15-17)25-9-1-2-10-25)24-18-5-3-16(4-6-18)22(29)26-11-8-23-21(28)14-26/h1-7,9-10,12,15,19H,8,11,13-14H2,(H,23,28)(H,24,27)/t19-/m0/s1. The van der Waals surface area contributed by atoms with Crippen molar-refractivity contribution in [2.75, 3.05) is 25.0 Å². The molecule has 1 aliphatic heterocycles. The van der Waals surface area contributed by atoms with Crippen LogP contribution >= 0.6 is 11.3 Å². The number of carbonyl (C=O) groups is 3. The van der Waals surface area contributed by atoms with Gasteiger partial charge in [0.15, 0.2) is 0 Å². The van der Waals surface area contributed by atoms with E-state index in [1.807, 2.05) is 40.5 Å². The summed E-state index contributed by atoms with van der Waals surface area (Å²) in [5.41, 5.74) is 2.22. The van der Waals surface area contributed by atoms with Crippen molar-refractivity contribution in [2.24, 2.45) is 0 Å². The number of thiophene rings is 1. The van der Waals surface area contributed by atoms with Crippen molar-refractivity contribution in [1.29, 1.82) is 0 Å². The lowest BCUT2D eigenvalue weighted by atomic mass is 10.1. The summed E-state index contributed by atoms with van der Waals surface area (Å²) in [7, 11) is 0. The lowest BCUT2D eigenvalue weighted by Gasteiger charge is -2.26. The number of carbonyl (C=O) groups excluding carboxylic acids is 3. The highest BCUT2D eigenvalue weighted by atomic mass is 32.1. The normalized spacial score (nSPS) is 14.8. The summed E-state index contributed by atoms with van der Waals surface area (Å²) in [6, 6.07) is 12.6. The van der Waals surface area contributed by atoms with E-state index in [-0.39, 0.29) is 30.3 Å². The number of aromatic nitrogens is 1. The molecule has 0 bridgehead atoms. The van der Waals surface area contributed by atoms with Gasteiger partial charge in [-0.05, 0) is 58.8 Å². The van der Waals surface area contributed by atoms with E-state index >= 15 is 0 Å². The maximum atomic E-state index is 12.7. The Morgan fingerprint density at radius 2 is 1.90 bits per heavy atom. The molecular weight excluding hydrogens is 400 g/mol. The average Bonchev–Trinajstić information content (AvgIpc) is 3.46. The molecule has 3 heterocycles. The monoisotopic (exact) mass is 422 g/mol. The molecule has 8 heteroatoms. The van der Waals surface area contributed by atoms with Crippen LogP contribution in [0.4, 0.5) is 5.69 Å². The molecule has 154 valence electrons. The van der Waals surface area contributed by atoms with Gasteiger partial charge in [-0.1, -0.05) is 0 Å². The summed E-state index contributed by atoms with van der Waals surface area (Å²) >= 11 is 1.61. The highest BCUT2D eigenvalue weighted by Crippen LogP contribution is 2.25. The van der Waals surface area contributed by atoms with Crippen molar-refractivity contribution in [2.45, 2.75) is 12.5 Å². The second-order valence-corrected chi connectivity index (χ2v) is 7.89. The molecular formula is C22H22N4O3S. The Labute approximate surface area is 178 Å². The van der Waals surface area contributed by atoms with Crippen molar-refractivity contribution in [3.63, 3.8) is 0 Å². The van der Waals surface area contributed by atoms with Gasteiger partial charge in [-0.2, -0.15) is 11.3 Å². The number of amides is 3. The summed E-state index contributed by atoms with van der Waals surface area (Å²) < 4.78 is 2.03. The fraction of sp³-hybridized carbons (Fsp3) is 0.227. The van der Waals surface area contributed by atoms with Crippen molar-refractivity contribution >= 4 is 34.7 Å². The van der Waals surface area contributed by atoms with Crippen molar-refractivity contribution in [3.8, 4) is 0 Å². The number of anilines is 1. The number of rotatable bonds is 6.